The van der Waals surface area contributed by atoms with Crippen molar-refractivity contribution in [3.05, 3.63) is 24.0 Å². The van der Waals surface area contributed by atoms with Crippen molar-refractivity contribution in [1.82, 2.24) is 9.88 Å². The van der Waals surface area contributed by atoms with Crippen molar-refractivity contribution >= 4 is 30.5 Å². The molecule has 1 aliphatic rings. The van der Waals surface area contributed by atoms with Crippen molar-refractivity contribution in [3.63, 3.8) is 0 Å². The molecular formula is C13H17F3LiN3O2. The van der Waals surface area contributed by atoms with Crippen molar-refractivity contribution < 1.29 is 23.1 Å². The van der Waals surface area contributed by atoms with E-state index < -0.39 is 17.8 Å². The number of carbonyl (C=O) groups is 1. The van der Waals surface area contributed by atoms with Gasteiger partial charge in [0.1, 0.15) is 5.69 Å². The van der Waals surface area contributed by atoms with Crippen molar-refractivity contribution in [2.45, 2.75) is 12.6 Å². The van der Waals surface area contributed by atoms with Crippen LogP contribution in [0.4, 0.5) is 18.9 Å². The van der Waals surface area contributed by atoms with Crippen LogP contribution in [-0.2, 0) is 11.0 Å². The van der Waals surface area contributed by atoms with Crippen LogP contribution >= 0.6 is 0 Å². The Morgan fingerprint density at radius 2 is 1.86 bits per heavy atom. The minimum absolute atomic E-state index is 0. The van der Waals surface area contributed by atoms with Crippen LogP contribution in [0, 0.1) is 0 Å². The average Bonchev–Trinajstić information content (AvgIpc) is 2.45. The number of carboxylic acids is 1. The van der Waals surface area contributed by atoms with Crippen LogP contribution in [0.5, 0.6) is 0 Å². The molecule has 0 bridgehead atoms. The molecule has 22 heavy (non-hydrogen) atoms. The fourth-order valence-electron chi connectivity index (χ4n) is 2.22. The Labute approximate surface area is 138 Å². The molecule has 0 spiro atoms. The molecule has 2 heterocycles. The van der Waals surface area contributed by atoms with Gasteiger partial charge in [-0.3, -0.25) is 9.69 Å². The van der Waals surface area contributed by atoms with Crippen LogP contribution in [0.3, 0.4) is 0 Å². The molecule has 1 aliphatic heterocycles. The van der Waals surface area contributed by atoms with Crippen LogP contribution in [0.15, 0.2) is 18.3 Å². The predicted molar refractivity (Wildman–Crippen MR) is 77.3 cm³/mol. The summed E-state index contributed by atoms with van der Waals surface area (Å²) >= 11 is 0. The molecule has 0 atom stereocenters. The number of carboxylic acid groups (broad SMARTS) is 1. The molecular weight excluding hydrogens is 294 g/mol. The standard InChI is InChI=1S/C13H16F3N3O2.Li.H/c14-13(15,16)11-2-1-10(9-17-11)19-7-5-18(6-8-19)4-3-12(20)21;;/h1-2,9H,3-8H2,(H,20,21);;. The molecule has 0 aromatic carbocycles. The number of hydrogen-bond donors (Lipinski definition) is 1. The summed E-state index contributed by atoms with van der Waals surface area (Å²) in [6.07, 6.45) is -3.09. The zero-order chi connectivity index (χ0) is 15.5. The number of alkyl halides is 3. The van der Waals surface area contributed by atoms with Gasteiger partial charge in [-0.15, -0.1) is 0 Å². The second kappa shape index (κ2) is 7.86. The van der Waals surface area contributed by atoms with Crippen LogP contribution in [0.25, 0.3) is 0 Å². The summed E-state index contributed by atoms with van der Waals surface area (Å²) in [6.45, 7) is 3.16. The molecule has 2 rings (SSSR count). The maximum atomic E-state index is 12.4. The van der Waals surface area contributed by atoms with Crippen molar-refractivity contribution in [1.29, 1.82) is 0 Å². The monoisotopic (exact) mass is 311 g/mol. The Kier molecular flexibility index (Phi) is 6.72. The first kappa shape index (κ1) is 18.8. The second-order valence-corrected chi connectivity index (χ2v) is 4.87. The van der Waals surface area contributed by atoms with Crippen molar-refractivity contribution in [3.8, 4) is 0 Å². The topological polar surface area (TPSA) is 56.7 Å². The Morgan fingerprint density at radius 1 is 1.23 bits per heavy atom. The van der Waals surface area contributed by atoms with E-state index in [1.807, 2.05) is 9.80 Å². The van der Waals surface area contributed by atoms with Gasteiger partial charge >= 0.3 is 31.0 Å². The quantitative estimate of drug-likeness (QED) is 0.842. The summed E-state index contributed by atoms with van der Waals surface area (Å²) in [6, 6.07) is 2.40. The number of anilines is 1. The van der Waals surface area contributed by atoms with Gasteiger partial charge in [-0.25, -0.2) is 4.98 Å². The van der Waals surface area contributed by atoms with Crippen LogP contribution in [0.2, 0.25) is 0 Å². The first-order valence-corrected chi connectivity index (χ1v) is 6.58. The molecule has 1 fully saturated rings. The zero-order valence-corrected chi connectivity index (χ0v) is 11.3. The zero-order valence-electron chi connectivity index (χ0n) is 11.3. The third kappa shape index (κ3) is 5.20. The second-order valence-electron chi connectivity index (χ2n) is 4.87. The van der Waals surface area contributed by atoms with E-state index in [-0.39, 0.29) is 25.3 Å². The van der Waals surface area contributed by atoms with Gasteiger partial charge in [-0.2, -0.15) is 13.2 Å². The summed E-state index contributed by atoms with van der Waals surface area (Å²) in [5.74, 6) is -0.829. The average molecular weight is 311 g/mol. The van der Waals surface area contributed by atoms with Crippen LogP contribution < -0.4 is 4.90 Å². The van der Waals surface area contributed by atoms with Gasteiger partial charge in [-0.05, 0) is 12.1 Å². The molecule has 9 heteroatoms. The number of aliphatic carboxylic acids is 1. The Bertz CT molecular complexity index is 488. The summed E-state index contributed by atoms with van der Waals surface area (Å²) in [4.78, 5) is 17.9. The van der Waals surface area contributed by atoms with Gasteiger partial charge in [0.25, 0.3) is 0 Å². The molecule has 0 saturated carbocycles. The minimum atomic E-state index is -4.42. The Morgan fingerprint density at radius 3 is 2.32 bits per heavy atom. The van der Waals surface area contributed by atoms with Gasteiger partial charge in [0.2, 0.25) is 0 Å². The molecule has 1 aromatic rings. The van der Waals surface area contributed by atoms with E-state index in [0.29, 0.717) is 38.4 Å². The van der Waals surface area contributed by atoms with E-state index in [2.05, 4.69) is 4.98 Å². The van der Waals surface area contributed by atoms with E-state index in [1.54, 1.807) is 0 Å². The number of halogens is 3. The van der Waals surface area contributed by atoms with Crippen LogP contribution in [0.1, 0.15) is 12.1 Å². The van der Waals surface area contributed by atoms with Crippen molar-refractivity contribution in [2.75, 3.05) is 37.6 Å². The van der Waals surface area contributed by atoms with Gasteiger partial charge in [0.05, 0.1) is 18.3 Å². The SMILES string of the molecule is O=C(O)CCN1CCN(c2ccc(C(F)(F)F)nc2)CC1.[LiH]. The normalized spacial score (nSPS) is 16.2. The molecule has 5 nitrogen and oxygen atoms in total. The summed E-state index contributed by atoms with van der Waals surface area (Å²) in [5, 5.41) is 8.63. The molecule has 0 unspecified atom stereocenters. The van der Waals surface area contributed by atoms with Crippen LogP contribution in [-0.4, -0.2) is 72.5 Å². The Balaban J connectivity index is 0.00000242. The summed E-state index contributed by atoms with van der Waals surface area (Å²) in [7, 11) is 0. The fraction of sp³-hybridized carbons (Fsp3) is 0.538. The van der Waals surface area contributed by atoms with Gasteiger partial charge in [-0.1, -0.05) is 0 Å². The Hall–Kier alpha value is -1.23. The maximum absolute atomic E-state index is 12.4. The molecule has 0 radical (unpaired) electrons. The van der Waals surface area contributed by atoms with E-state index in [4.69, 9.17) is 5.11 Å². The van der Waals surface area contributed by atoms with Gasteiger partial charge < -0.3 is 10.0 Å². The third-order valence-electron chi connectivity index (χ3n) is 3.42. The van der Waals surface area contributed by atoms with E-state index in [0.717, 1.165) is 6.07 Å². The summed E-state index contributed by atoms with van der Waals surface area (Å²) in [5.41, 5.74) is -0.243. The number of piperazine rings is 1. The number of pyridine rings is 1. The first-order valence-electron chi connectivity index (χ1n) is 6.58. The van der Waals surface area contributed by atoms with Gasteiger partial charge in [0, 0.05) is 32.7 Å². The molecule has 1 saturated heterocycles. The van der Waals surface area contributed by atoms with Crippen molar-refractivity contribution in [2.24, 2.45) is 0 Å². The molecule has 1 N–H and O–H groups in total. The number of rotatable bonds is 4. The first-order chi connectivity index (χ1) is 9.86. The number of nitrogens with zero attached hydrogens (tertiary/aromatic N) is 3. The summed E-state index contributed by atoms with van der Waals surface area (Å²) < 4.78 is 37.3. The van der Waals surface area contributed by atoms with Gasteiger partial charge in [0.15, 0.2) is 0 Å². The van der Waals surface area contributed by atoms with E-state index in [9.17, 15) is 18.0 Å². The number of hydrogen-bond acceptors (Lipinski definition) is 4. The van der Waals surface area contributed by atoms with E-state index in [1.165, 1.54) is 12.3 Å². The fourth-order valence-corrected chi connectivity index (χ4v) is 2.22. The number of aromatic nitrogens is 1. The molecule has 0 amide bonds. The molecule has 118 valence electrons. The molecule has 0 aliphatic carbocycles. The predicted octanol–water partition coefficient (Wildman–Crippen LogP) is 1.05. The van der Waals surface area contributed by atoms with E-state index >= 15 is 0 Å². The molecule has 1 aromatic heterocycles. The third-order valence-corrected chi connectivity index (χ3v) is 3.42.